The minimum Gasteiger partial charge on any atom is -0.289 e. The first-order valence-corrected chi connectivity index (χ1v) is 10.4. The number of rotatable bonds is 9. The summed E-state index contributed by atoms with van der Waals surface area (Å²) in [5, 5.41) is 9.15. The number of hydroxylamine groups is 1. The maximum absolute atomic E-state index is 12.6. The second-order valence-corrected chi connectivity index (χ2v) is 8.52. The van der Waals surface area contributed by atoms with Crippen molar-refractivity contribution in [2.24, 2.45) is 11.8 Å². The van der Waals surface area contributed by atoms with Crippen LogP contribution in [-0.2, 0) is 25.0 Å². The maximum Gasteiger partial charge on any atom is 0.256 e. The molecule has 4 N–H and O–H groups in total. The molecule has 0 aliphatic rings. The van der Waals surface area contributed by atoms with Gasteiger partial charge in [-0.15, -0.1) is 4.83 Å². The van der Waals surface area contributed by atoms with Crippen LogP contribution in [0, 0.1) is 11.8 Å². The van der Waals surface area contributed by atoms with Gasteiger partial charge < -0.3 is 0 Å². The molecule has 2 atom stereocenters. The van der Waals surface area contributed by atoms with Crippen molar-refractivity contribution in [1.29, 1.82) is 0 Å². The summed E-state index contributed by atoms with van der Waals surface area (Å²) in [6.45, 7) is 5.67. The van der Waals surface area contributed by atoms with Gasteiger partial charge in [-0.2, -0.15) is 0 Å². The first-order valence-electron chi connectivity index (χ1n) is 8.47. The number of nitrogens with one attached hydrogen (secondary N) is 3. The maximum atomic E-state index is 12.6. The number of hydrogen-bond donors (Lipinski definition) is 4. The van der Waals surface area contributed by atoms with Crippen molar-refractivity contribution in [1.82, 2.24) is 15.7 Å². The Hall–Kier alpha value is -2.23. The van der Waals surface area contributed by atoms with Gasteiger partial charge in [0, 0.05) is 5.92 Å². The number of carbonyl (C=O) groups is 2. The molecule has 0 bridgehead atoms. The average Bonchev–Trinajstić information content (AvgIpc) is 2.62. The van der Waals surface area contributed by atoms with Crippen LogP contribution in [0.15, 0.2) is 42.5 Å². The predicted molar refractivity (Wildman–Crippen MR) is 102 cm³/mol. The van der Waals surface area contributed by atoms with E-state index in [0.717, 1.165) is 11.8 Å². The summed E-state index contributed by atoms with van der Waals surface area (Å²) in [6.07, 6.45) is 5.12. The van der Waals surface area contributed by atoms with E-state index in [1.165, 1.54) is 5.48 Å². The molecule has 0 spiro atoms. The lowest BCUT2D eigenvalue weighted by Gasteiger charge is -2.37. The van der Waals surface area contributed by atoms with E-state index >= 15 is 0 Å². The van der Waals surface area contributed by atoms with Crippen molar-refractivity contribution in [3.8, 4) is 0 Å². The van der Waals surface area contributed by atoms with Crippen LogP contribution in [0.25, 0.3) is 0 Å². The number of sulfonamides is 1. The Kier molecular flexibility index (Phi) is 8.14. The van der Waals surface area contributed by atoms with Crippen LogP contribution in [0.3, 0.4) is 0 Å². The van der Waals surface area contributed by atoms with Crippen LogP contribution in [0.1, 0.15) is 32.8 Å². The molecule has 0 saturated heterocycles. The van der Waals surface area contributed by atoms with Gasteiger partial charge in [-0.05, 0) is 17.4 Å². The van der Waals surface area contributed by atoms with E-state index in [2.05, 4.69) is 0 Å². The minimum atomic E-state index is -3.71. The molecule has 2 amide bonds. The van der Waals surface area contributed by atoms with Crippen LogP contribution < -0.4 is 15.7 Å². The van der Waals surface area contributed by atoms with Gasteiger partial charge in [0.25, 0.3) is 5.91 Å². The molecule has 0 saturated carbocycles. The standard InChI is InChI=1S/C18H27N3O5S/c1-5-6-12-14(18(2,3)13-10-8-7-9-11-13)15(17(23)20-24)16(22)19-21-27(4,25)26/h6-12,14-15,21,24H,5H2,1-4H3,(H,19,22)(H,20,23)/t14?,15-/m0/s1. The summed E-state index contributed by atoms with van der Waals surface area (Å²) in [5.41, 5.74) is 3.76. The Morgan fingerprint density at radius 3 is 2.26 bits per heavy atom. The van der Waals surface area contributed by atoms with E-state index in [1.807, 2.05) is 67.4 Å². The third kappa shape index (κ3) is 6.46. The van der Waals surface area contributed by atoms with Crippen molar-refractivity contribution >= 4 is 21.8 Å². The molecule has 1 aromatic rings. The van der Waals surface area contributed by atoms with Gasteiger partial charge >= 0.3 is 0 Å². The summed E-state index contributed by atoms with van der Waals surface area (Å²) in [4.78, 5) is 26.8. The molecule has 1 rings (SSSR count). The lowest BCUT2D eigenvalue weighted by Crippen LogP contribution is -2.52. The smallest absolute Gasteiger partial charge is 0.256 e. The van der Waals surface area contributed by atoms with Crippen molar-refractivity contribution in [3.63, 3.8) is 0 Å². The number of carbonyl (C=O) groups excluding carboxylic acids is 2. The highest BCUT2D eigenvalue weighted by Gasteiger charge is 2.43. The van der Waals surface area contributed by atoms with Crippen LogP contribution >= 0.6 is 0 Å². The minimum absolute atomic E-state index is 0.659. The fourth-order valence-electron chi connectivity index (χ4n) is 2.85. The summed E-state index contributed by atoms with van der Waals surface area (Å²) in [6, 6.07) is 9.33. The van der Waals surface area contributed by atoms with Crippen molar-refractivity contribution in [2.75, 3.05) is 6.26 Å². The van der Waals surface area contributed by atoms with Gasteiger partial charge in [0.2, 0.25) is 15.9 Å². The van der Waals surface area contributed by atoms with Crippen molar-refractivity contribution in [3.05, 3.63) is 48.0 Å². The molecule has 0 aliphatic carbocycles. The summed E-state index contributed by atoms with van der Waals surface area (Å²) in [7, 11) is -3.71. The lowest BCUT2D eigenvalue weighted by atomic mass is 9.67. The molecule has 0 aliphatic heterocycles. The molecule has 0 fully saturated rings. The van der Waals surface area contributed by atoms with Gasteiger partial charge in [0.05, 0.1) is 6.26 Å². The van der Waals surface area contributed by atoms with E-state index in [9.17, 15) is 18.0 Å². The van der Waals surface area contributed by atoms with E-state index < -0.39 is 39.1 Å². The molecule has 27 heavy (non-hydrogen) atoms. The number of hydrazine groups is 1. The van der Waals surface area contributed by atoms with E-state index in [1.54, 1.807) is 6.08 Å². The summed E-state index contributed by atoms with van der Waals surface area (Å²) >= 11 is 0. The Morgan fingerprint density at radius 1 is 1.19 bits per heavy atom. The van der Waals surface area contributed by atoms with Gasteiger partial charge in [-0.1, -0.05) is 63.3 Å². The molecule has 150 valence electrons. The number of benzene rings is 1. The zero-order valence-electron chi connectivity index (χ0n) is 15.9. The van der Waals surface area contributed by atoms with E-state index in [4.69, 9.17) is 5.21 Å². The summed E-state index contributed by atoms with van der Waals surface area (Å²) in [5.74, 6) is -3.84. The molecule has 1 aromatic carbocycles. The highest BCUT2D eigenvalue weighted by Crippen LogP contribution is 2.38. The van der Waals surface area contributed by atoms with E-state index in [0.29, 0.717) is 6.42 Å². The fourth-order valence-corrected chi connectivity index (χ4v) is 3.13. The van der Waals surface area contributed by atoms with Crippen LogP contribution in [0.5, 0.6) is 0 Å². The third-order valence-corrected chi connectivity index (χ3v) is 4.80. The lowest BCUT2D eigenvalue weighted by molar-refractivity contribution is -0.143. The second-order valence-electron chi connectivity index (χ2n) is 6.77. The van der Waals surface area contributed by atoms with Crippen molar-refractivity contribution < 1.29 is 23.2 Å². The topological polar surface area (TPSA) is 125 Å². The van der Waals surface area contributed by atoms with Crippen LogP contribution in [0.2, 0.25) is 0 Å². The third-order valence-electron chi connectivity index (χ3n) is 4.32. The molecule has 0 radical (unpaired) electrons. The normalized spacial score (nSPS) is 14.6. The van der Waals surface area contributed by atoms with Gasteiger partial charge in [0.15, 0.2) is 0 Å². The molecular formula is C18H27N3O5S. The molecular weight excluding hydrogens is 370 g/mol. The zero-order chi connectivity index (χ0) is 20.7. The Bertz CT molecular complexity index is 775. The second kappa shape index (κ2) is 9.63. The Labute approximate surface area is 160 Å². The largest absolute Gasteiger partial charge is 0.289 e. The van der Waals surface area contributed by atoms with E-state index in [-0.39, 0.29) is 0 Å². The van der Waals surface area contributed by atoms with Gasteiger partial charge in [-0.25, -0.2) is 13.9 Å². The molecule has 0 heterocycles. The van der Waals surface area contributed by atoms with Gasteiger partial charge in [0.1, 0.15) is 5.92 Å². The number of hydrogen-bond acceptors (Lipinski definition) is 5. The summed E-state index contributed by atoms with van der Waals surface area (Å²) < 4.78 is 22.5. The SMILES string of the molecule is CCC=CC([C@H](C(=O)NO)C(=O)NNS(C)(=O)=O)C(C)(C)c1ccccc1. The Balaban J connectivity index is 3.37. The predicted octanol–water partition coefficient (Wildman–Crippen LogP) is 1.25. The van der Waals surface area contributed by atoms with Gasteiger partial charge in [-0.3, -0.25) is 20.2 Å². The fraction of sp³-hybridized carbons (Fsp3) is 0.444. The monoisotopic (exact) mass is 397 g/mol. The number of amides is 2. The quantitative estimate of drug-likeness (QED) is 0.216. The number of allylic oxidation sites excluding steroid dienone is 2. The first-order chi connectivity index (χ1) is 12.5. The first kappa shape index (κ1) is 22.8. The Morgan fingerprint density at radius 2 is 1.78 bits per heavy atom. The molecule has 0 aromatic heterocycles. The van der Waals surface area contributed by atoms with Crippen LogP contribution in [-0.4, -0.2) is 31.7 Å². The molecule has 9 heteroatoms. The highest BCUT2D eigenvalue weighted by molar-refractivity contribution is 7.88. The molecule has 8 nitrogen and oxygen atoms in total. The zero-order valence-corrected chi connectivity index (χ0v) is 16.7. The van der Waals surface area contributed by atoms with Crippen LogP contribution in [0.4, 0.5) is 0 Å². The molecule has 1 unspecified atom stereocenters. The van der Waals surface area contributed by atoms with Crippen molar-refractivity contribution in [2.45, 2.75) is 32.6 Å². The average molecular weight is 397 g/mol. The highest BCUT2D eigenvalue weighted by atomic mass is 32.2.